The first-order valence-corrected chi connectivity index (χ1v) is 12.5. The summed E-state index contributed by atoms with van der Waals surface area (Å²) in [4.78, 5) is 12.8. The Morgan fingerprint density at radius 1 is 0.970 bits per heavy atom. The Balaban J connectivity index is 1.77. The van der Waals surface area contributed by atoms with Crippen molar-refractivity contribution < 1.29 is 17.9 Å². The van der Waals surface area contributed by atoms with Gasteiger partial charge in [0.05, 0.1) is 27.8 Å². The summed E-state index contributed by atoms with van der Waals surface area (Å²) in [7, 11) is -3.87. The first-order chi connectivity index (χ1) is 15.9. The van der Waals surface area contributed by atoms with E-state index in [1.54, 1.807) is 31.2 Å². The quantitative estimate of drug-likeness (QED) is 0.436. The highest BCUT2D eigenvalue weighted by atomic mass is 35.5. The molecule has 0 radical (unpaired) electrons. The first-order valence-electron chi connectivity index (χ1n) is 10.7. The molecular formula is C25H27ClN2O4S. The molecule has 8 heteroatoms. The van der Waals surface area contributed by atoms with Crippen molar-refractivity contribution in [2.24, 2.45) is 0 Å². The average molecular weight is 487 g/mol. The molecule has 0 saturated carbocycles. The molecule has 1 N–H and O–H groups in total. The summed E-state index contributed by atoms with van der Waals surface area (Å²) < 4.78 is 33.2. The molecule has 0 heterocycles. The summed E-state index contributed by atoms with van der Waals surface area (Å²) in [5, 5.41) is 2.99. The van der Waals surface area contributed by atoms with Crippen molar-refractivity contribution in [2.45, 2.75) is 31.9 Å². The van der Waals surface area contributed by atoms with Gasteiger partial charge in [-0.1, -0.05) is 54.1 Å². The molecule has 0 aromatic heterocycles. The maximum atomic E-state index is 13.3. The Hall–Kier alpha value is -2.87. The summed E-state index contributed by atoms with van der Waals surface area (Å²) in [5.41, 5.74) is 2.61. The number of hydrogen-bond donors (Lipinski definition) is 1. The van der Waals surface area contributed by atoms with E-state index in [-0.39, 0.29) is 28.6 Å². The van der Waals surface area contributed by atoms with Crippen LogP contribution in [0.25, 0.3) is 0 Å². The van der Waals surface area contributed by atoms with Gasteiger partial charge in [0.1, 0.15) is 0 Å². The number of rotatable bonds is 10. The lowest BCUT2D eigenvalue weighted by Crippen LogP contribution is -2.31. The van der Waals surface area contributed by atoms with Crippen molar-refractivity contribution in [3.63, 3.8) is 0 Å². The number of nitrogens with one attached hydrogen (secondary N) is 1. The molecule has 33 heavy (non-hydrogen) atoms. The molecule has 0 aliphatic carbocycles. The van der Waals surface area contributed by atoms with Crippen LogP contribution in [0.1, 0.15) is 35.3 Å². The van der Waals surface area contributed by atoms with Crippen LogP contribution in [-0.2, 0) is 27.9 Å². The van der Waals surface area contributed by atoms with E-state index in [0.717, 1.165) is 11.1 Å². The zero-order chi connectivity index (χ0) is 23.8. The molecule has 0 aliphatic rings. The second-order valence-corrected chi connectivity index (χ2v) is 9.55. The van der Waals surface area contributed by atoms with Gasteiger partial charge in [-0.25, -0.2) is 8.42 Å². The Bertz CT molecular complexity index is 1180. The van der Waals surface area contributed by atoms with Crippen LogP contribution in [-0.4, -0.2) is 27.5 Å². The van der Waals surface area contributed by atoms with Crippen molar-refractivity contribution in [3.8, 4) is 0 Å². The van der Waals surface area contributed by atoms with E-state index >= 15 is 0 Å². The third-order valence-electron chi connectivity index (χ3n) is 5.05. The molecule has 3 aromatic rings. The fourth-order valence-electron chi connectivity index (χ4n) is 3.30. The fraction of sp³-hybridized carbons (Fsp3) is 0.240. The number of benzene rings is 3. The number of ether oxygens (including phenoxy) is 1. The van der Waals surface area contributed by atoms with E-state index < -0.39 is 15.9 Å². The zero-order valence-electron chi connectivity index (χ0n) is 18.6. The maximum absolute atomic E-state index is 13.3. The van der Waals surface area contributed by atoms with Crippen LogP contribution in [0.5, 0.6) is 0 Å². The van der Waals surface area contributed by atoms with Crippen molar-refractivity contribution >= 4 is 33.2 Å². The van der Waals surface area contributed by atoms with Crippen LogP contribution in [0.15, 0.2) is 77.7 Å². The number of sulfonamides is 1. The summed E-state index contributed by atoms with van der Waals surface area (Å²) in [6.07, 6.45) is 0. The van der Waals surface area contributed by atoms with E-state index in [2.05, 4.69) is 5.32 Å². The van der Waals surface area contributed by atoms with Gasteiger partial charge in [-0.3, -0.25) is 9.10 Å². The monoisotopic (exact) mass is 486 g/mol. The summed E-state index contributed by atoms with van der Waals surface area (Å²) in [6, 6.07) is 20.7. The number of anilines is 1. The number of carbonyl (C=O) groups excluding carboxylic acids is 1. The zero-order valence-corrected chi connectivity index (χ0v) is 20.2. The molecule has 0 spiro atoms. The lowest BCUT2D eigenvalue weighted by atomic mass is 10.1. The predicted molar refractivity (Wildman–Crippen MR) is 131 cm³/mol. The van der Waals surface area contributed by atoms with Crippen LogP contribution >= 0.6 is 11.6 Å². The van der Waals surface area contributed by atoms with Crippen LogP contribution in [0.3, 0.4) is 0 Å². The normalized spacial score (nSPS) is 11.2. The topological polar surface area (TPSA) is 75.7 Å². The number of carbonyl (C=O) groups is 1. The lowest BCUT2D eigenvalue weighted by molar-refractivity contribution is 0.0951. The number of amides is 1. The third kappa shape index (κ3) is 6.13. The average Bonchev–Trinajstić information content (AvgIpc) is 2.83. The second-order valence-electron chi connectivity index (χ2n) is 7.28. The molecule has 0 saturated heterocycles. The highest BCUT2D eigenvalue weighted by Gasteiger charge is 2.25. The number of halogens is 1. The van der Waals surface area contributed by atoms with Gasteiger partial charge in [0.2, 0.25) is 0 Å². The van der Waals surface area contributed by atoms with E-state index in [1.165, 1.54) is 22.5 Å². The van der Waals surface area contributed by atoms with Crippen molar-refractivity contribution in [1.29, 1.82) is 0 Å². The molecule has 174 valence electrons. The summed E-state index contributed by atoms with van der Waals surface area (Å²) in [6.45, 7) is 5.42. The molecule has 0 atom stereocenters. The van der Waals surface area contributed by atoms with Gasteiger partial charge < -0.3 is 10.1 Å². The third-order valence-corrected chi connectivity index (χ3v) is 7.28. The Kier molecular flexibility index (Phi) is 8.49. The van der Waals surface area contributed by atoms with E-state index in [9.17, 15) is 13.2 Å². The van der Waals surface area contributed by atoms with Crippen LogP contribution in [0, 0.1) is 0 Å². The minimum Gasteiger partial charge on any atom is -0.377 e. The minimum absolute atomic E-state index is 0.00281. The summed E-state index contributed by atoms with van der Waals surface area (Å²) in [5.74, 6) is -0.446. The first kappa shape index (κ1) is 24.8. The van der Waals surface area contributed by atoms with Gasteiger partial charge in [-0.15, -0.1) is 0 Å². The number of hydrogen-bond acceptors (Lipinski definition) is 4. The van der Waals surface area contributed by atoms with E-state index in [0.29, 0.717) is 18.9 Å². The Morgan fingerprint density at radius 3 is 2.27 bits per heavy atom. The van der Waals surface area contributed by atoms with Gasteiger partial charge in [-0.05, 0) is 55.3 Å². The highest BCUT2D eigenvalue weighted by Crippen LogP contribution is 2.26. The SMILES string of the molecule is CCOCc1ccc(CNC(=O)c2cc(S(=O)(=O)N(CC)c3ccccc3)ccc2Cl)cc1. The van der Waals surface area contributed by atoms with Crippen LogP contribution < -0.4 is 9.62 Å². The smallest absolute Gasteiger partial charge is 0.264 e. The van der Waals surface area contributed by atoms with E-state index in [4.69, 9.17) is 16.3 Å². The van der Waals surface area contributed by atoms with Gasteiger partial charge >= 0.3 is 0 Å². The van der Waals surface area contributed by atoms with Crippen molar-refractivity contribution in [2.75, 3.05) is 17.5 Å². The lowest BCUT2D eigenvalue weighted by Gasteiger charge is -2.23. The standard InChI is InChI=1S/C25H27ClN2O4S/c1-3-28(21-8-6-5-7-9-21)33(30,31)22-14-15-24(26)23(16-22)25(29)27-17-19-10-12-20(13-11-19)18-32-4-2/h5-16H,3-4,17-18H2,1-2H3,(H,27,29). The molecule has 0 fully saturated rings. The predicted octanol–water partition coefficient (Wildman–Crippen LogP) is 5.02. The largest absolute Gasteiger partial charge is 0.377 e. The molecular weight excluding hydrogens is 460 g/mol. The molecule has 0 bridgehead atoms. The van der Waals surface area contributed by atoms with Gasteiger partial charge in [-0.2, -0.15) is 0 Å². The Labute approximate surface area is 200 Å². The van der Waals surface area contributed by atoms with Gasteiger partial charge in [0.15, 0.2) is 0 Å². The van der Waals surface area contributed by atoms with Crippen molar-refractivity contribution in [1.82, 2.24) is 5.32 Å². The maximum Gasteiger partial charge on any atom is 0.264 e. The molecule has 3 aromatic carbocycles. The van der Waals surface area contributed by atoms with Crippen molar-refractivity contribution in [3.05, 3.63) is 94.5 Å². The Morgan fingerprint density at radius 2 is 1.64 bits per heavy atom. The van der Waals surface area contributed by atoms with Gasteiger partial charge in [0, 0.05) is 19.7 Å². The van der Waals surface area contributed by atoms with Crippen LogP contribution in [0.4, 0.5) is 5.69 Å². The van der Waals surface area contributed by atoms with E-state index in [1.807, 2.05) is 37.3 Å². The molecule has 0 aliphatic heterocycles. The highest BCUT2D eigenvalue weighted by molar-refractivity contribution is 7.92. The molecule has 3 rings (SSSR count). The van der Waals surface area contributed by atoms with Crippen LogP contribution in [0.2, 0.25) is 5.02 Å². The molecule has 1 amide bonds. The van der Waals surface area contributed by atoms with Gasteiger partial charge in [0.25, 0.3) is 15.9 Å². The fourth-order valence-corrected chi connectivity index (χ4v) is 5.01. The number of para-hydroxylation sites is 1. The summed E-state index contributed by atoms with van der Waals surface area (Å²) >= 11 is 6.24. The minimum atomic E-state index is -3.87. The molecule has 6 nitrogen and oxygen atoms in total. The number of nitrogens with zero attached hydrogens (tertiary/aromatic N) is 1. The molecule has 0 unspecified atom stereocenters. The second kappa shape index (κ2) is 11.3.